The van der Waals surface area contributed by atoms with Crippen LogP contribution in [0, 0.1) is 17.8 Å². The lowest BCUT2D eigenvalue weighted by atomic mass is 9.94. The van der Waals surface area contributed by atoms with Crippen molar-refractivity contribution >= 4 is 34.7 Å². The van der Waals surface area contributed by atoms with Gasteiger partial charge in [0.2, 0.25) is 5.82 Å². The fourth-order valence-corrected chi connectivity index (χ4v) is 4.74. The summed E-state index contributed by atoms with van der Waals surface area (Å²) in [7, 11) is 0. The first-order chi connectivity index (χ1) is 18.4. The summed E-state index contributed by atoms with van der Waals surface area (Å²) in [5, 5.41) is 30.2. The van der Waals surface area contributed by atoms with Gasteiger partial charge in [-0.15, -0.1) is 0 Å². The van der Waals surface area contributed by atoms with E-state index in [0.717, 1.165) is 12.8 Å². The van der Waals surface area contributed by atoms with Crippen molar-refractivity contribution in [3.8, 4) is 17.6 Å². The molecule has 2 aliphatic rings. The van der Waals surface area contributed by atoms with Gasteiger partial charge in [-0.3, -0.25) is 4.57 Å². The summed E-state index contributed by atoms with van der Waals surface area (Å²) in [6.45, 7) is 0.653. The lowest BCUT2D eigenvalue weighted by Gasteiger charge is -2.30. The molecule has 4 heterocycles. The number of halogens is 1. The molecule has 1 amide bonds. The number of aromatic nitrogens is 4. The molecule has 2 unspecified atom stereocenters. The highest BCUT2D eigenvalue weighted by Crippen LogP contribution is 2.32. The van der Waals surface area contributed by atoms with Crippen LogP contribution in [0.2, 0.25) is 5.02 Å². The molecule has 200 valence electrons. The molecular weight excluding hydrogens is 516 g/mol. The molecule has 3 aromatic rings. The Morgan fingerprint density at radius 1 is 1.21 bits per heavy atom. The number of aliphatic hydroxyl groups is 3. The van der Waals surface area contributed by atoms with Crippen LogP contribution in [0.25, 0.3) is 11.2 Å². The number of hydrogen-bond acceptors (Lipinski definition) is 10. The summed E-state index contributed by atoms with van der Waals surface area (Å²) in [6, 6.07) is 6.84. The quantitative estimate of drug-likeness (QED) is 0.353. The number of rotatable bonds is 4. The van der Waals surface area contributed by atoms with Crippen LogP contribution < -0.4 is 10.5 Å². The Labute approximate surface area is 223 Å². The summed E-state index contributed by atoms with van der Waals surface area (Å²) in [6.07, 6.45) is -1.40. The van der Waals surface area contributed by atoms with Crippen LogP contribution in [-0.2, 0) is 4.74 Å². The van der Waals surface area contributed by atoms with Crippen molar-refractivity contribution in [2.75, 3.05) is 25.4 Å². The standard InChI is InChI=1S/C25H27ClN6O6/c26-15-5-1-2-6-16(15)38-25(36)31-10-8-14(9-11-31)4-3-7-18-29-22(27)19-23(30-18)32(13-28-19)24-21(35)20(34)17(12-33)37-24/h1-2,5-6,13-14,17,20-21,24,33-35H,4,8-12H2,(H2,27,29,30)/t17-,20?,21+,24?/m1/s1. The number of carbonyl (C=O) groups is 1. The fourth-order valence-electron chi connectivity index (χ4n) is 4.57. The summed E-state index contributed by atoms with van der Waals surface area (Å²) < 4.78 is 12.4. The molecule has 12 nitrogen and oxygen atoms in total. The number of amides is 1. The number of anilines is 1. The van der Waals surface area contributed by atoms with Crippen molar-refractivity contribution < 1.29 is 29.6 Å². The van der Waals surface area contributed by atoms with Gasteiger partial charge < -0.3 is 35.4 Å². The molecule has 0 radical (unpaired) electrons. The predicted octanol–water partition coefficient (Wildman–Crippen LogP) is 1.33. The highest BCUT2D eigenvalue weighted by molar-refractivity contribution is 6.32. The van der Waals surface area contributed by atoms with Crippen molar-refractivity contribution in [1.82, 2.24) is 24.4 Å². The largest absolute Gasteiger partial charge is 0.415 e. The van der Waals surface area contributed by atoms with E-state index in [2.05, 4.69) is 26.8 Å². The third-order valence-corrected chi connectivity index (χ3v) is 7.05. The van der Waals surface area contributed by atoms with Gasteiger partial charge in [-0.05, 0) is 36.8 Å². The van der Waals surface area contributed by atoms with Crippen LogP contribution in [0.1, 0.15) is 31.3 Å². The van der Waals surface area contributed by atoms with E-state index in [1.165, 1.54) is 10.9 Å². The molecule has 5 N–H and O–H groups in total. The van der Waals surface area contributed by atoms with Gasteiger partial charge in [-0.2, -0.15) is 0 Å². The van der Waals surface area contributed by atoms with Crippen molar-refractivity contribution in [3.05, 3.63) is 41.4 Å². The average Bonchev–Trinajstić information content (AvgIpc) is 3.46. The molecule has 13 heteroatoms. The lowest BCUT2D eigenvalue weighted by molar-refractivity contribution is -0.0511. The first-order valence-corrected chi connectivity index (χ1v) is 12.6. The number of nitrogen functional groups attached to an aromatic ring is 1. The molecule has 2 saturated heterocycles. The van der Waals surface area contributed by atoms with E-state index in [9.17, 15) is 20.1 Å². The maximum absolute atomic E-state index is 12.5. The highest BCUT2D eigenvalue weighted by atomic mass is 35.5. The number of ether oxygens (including phenoxy) is 2. The minimum absolute atomic E-state index is 0.120. The zero-order chi connectivity index (χ0) is 26.8. The smallest absolute Gasteiger partial charge is 0.409 e. The Morgan fingerprint density at radius 3 is 2.68 bits per heavy atom. The summed E-state index contributed by atoms with van der Waals surface area (Å²) in [5.74, 6) is 6.97. The number of imidazole rings is 1. The summed E-state index contributed by atoms with van der Waals surface area (Å²) >= 11 is 6.07. The zero-order valence-corrected chi connectivity index (χ0v) is 21.0. The van der Waals surface area contributed by atoms with Crippen LogP contribution >= 0.6 is 11.6 Å². The van der Waals surface area contributed by atoms with Crippen LogP contribution in [0.4, 0.5) is 10.6 Å². The van der Waals surface area contributed by atoms with E-state index in [1.807, 2.05) is 0 Å². The predicted molar refractivity (Wildman–Crippen MR) is 136 cm³/mol. The third-order valence-electron chi connectivity index (χ3n) is 6.74. The Bertz CT molecular complexity index is 1380. The van der Waals surface area contributed by atoms with E-state index in [1.54, 1.807) is 29.2 Å². The van der Waals surface area contributed by atoms with Gasteiger partial charge >= 0.3 is 6.09 Å². The monoisotopic (exact) mass is 542 g/mol. The second-order valence-electron chi connectivity index (χ2n) is 9.22. The molecule has 2 fully saturated rings. The maximum atomic E-state index is 12.5. The molecule has 1 aromatic carbocycles. The number of carbonyl (C=O) groups excluding carboxylic acids is 1. The number of fused-ring (bicyclic) bond motifs is 1. The summed E-state index contributed by atoms with van der Waals surface area (Å²) in [5.41, 5.74) is 6.67. The van der Waals surface area contributed by atoms with E-state index in [4.69, 9.17) is 26.8 Å². The van der Waals surface area contributed by atoms with Crippen LogP contribution in [0.3, 0.4) is 0 Å². The Morgan fingerprint density at radius 2 is 1.97 bits per heavy atom. The molecule has 2 aliphatic heterocycles. The topological polar surface area (TPSA) is 169 Å². The maximum Gasteiger partial charge on any atom is 0.415 e. The van der Waals surface area contributed by atoms with Gasteiger partial charge in [-0.25, -0.2) is 19.7 Å². The van der Waals surface area contributed by atoms with Crippen molar-refractivity contribution in [2.24, 2.45) is 5.92 Å². The molecule has 2 aromatic heterocycles. The molecule has 4 atom stereocenters. The Balaban J connectivity index is 1.21. The first-order valence-electron chi connectivity index (χ1n) is 12.2. The minimum atomic E-state index is -1.29. The fraction of sp³-hybridized carbons (Fsp3) is 0.440. The van der Waals surface area contributed by atoms with Crippen molar-refractivity contribution in [1.29, 1.82) is 0 Å². The number of nitrogens with zero attached hydrogens (tertiary/aromatic N) is 5. The lowest BCUT2D eigenvalue weighted by Crippen LogP contribution is -2.40. The van der Waals surface area contributed by atoms with E-state index in [0.29, 0.717) is 41.4 Å². The molecule has 38 heavy (non-hydrogen) atoms. The number of piperidine rings is 1. The van der Waals surface area contributed by atoms with E-state index < -0.39 is 37.2 Å². The minimum Gasteiger partial charge on any atom is -0.409 e. The van der Waals surface area contributed by atoms with E-state index in [-0.39, 0.29) is 17.6 Å². The number of likely N-dealkylation sites (tertiary alicyclic amines) is 1. The van der Waals surface area contributed by atoms with Gasteiger partial charge in [0.25, 0.3) is 0 Å². The Kier molecular flexibility index (Phi) is 7.64. The highest BCUT2D eigenvalue weighted by Gasteiger charge is 2.44. The average molecular weight is 543 g/mol. The molecular formula is C25H27ClN6O6. The van der Waals surface area contributed by atoms with Gasteiger partial charge in [-0.1, -0.05) is 29.7 Å². The molecule has 0 spiro atoms. The normalized spacial score (nSPS) is 23.8. The number of nitrogens with two attached hydrogens (primary N) is 1. The van der Waals surface area contributed by atoms with Crippen molar-refractivity contribution in [2.45, 2.75) is 43.8 Å². The molecule has 0 saturated carbocycles. The van der Waals surface area contributed by atoms with Crippen LogP contribution in [0.5, 0.6) is 5.75 Å². The third kappa shape index (κ3) is 5.24. The van der Waals surface area contributed by atoms with Gasteiger partial charge in [0.1, 0.15) is 23.8 Å². The first kappa shape index (κ1) is 26.1. The van der Waals surface area contributed by atoms with Gasteiger partial charge in [0.15, 0.2) is 23.4 Å². The second kappa shape index (κ2) is 11.1. The Hall–Kier alpha value is -3.47. The molecule has 0 bridgehead atoms. The second-order valence-corrected chi connectivity index (χ2v) is 9.63. The van der Waals surface area contributed by atoms with Crippen LogP contribution in [-0.4, -0.2) is 83.8 Å². The van der Waals surface area contributed by atoms with Crippen molar-refractivity contribution in [3.63, 3.8) is 0 Å². The molecule has 0 aliphatic carbocycles. The van der Waals surface area contributed by atoms with Gasteiger partial charge in [0.05, 0.1) is 18.0 Å². The van der Waals surface area contributed by atoms with E-state index >= 15 is 0 Å². The zero-order valence-electron chi connectivity index (χ0n) is 20.3. The number of benzene rings is 1. The number of aliphatic hydroxyl groups excluding tert-OH is 3. The van der Waals surface area contributed by atoms with Gasteiger partial charge in [0, 0.05) is 19.5 Å². The van der Waals surface area contributed by atoms with Crippen LogP contribution in [0.15, 0.2) is 30.6 Å². The number of hydrogen-bond donors (Lipinski definition) is 4. The SMILES string of the molecule is Nc1nc(C#CCC2CCN(C(=O)Oc3ccccc3Cl)CC2)nc2c1ncn2C1O[C@H](CO)C(O)[C@@H]1O. The molecule has 5 rings (SSSR count). The summed E-state index contributed by atoms with van der Waals surface area (Å²) in [4.78, 5) is 27.0. The number of para-hydroxylation sites is 1.